The van der Waals surface area contributed by atoms with E-state index < -0.39 is 0 Å². The molecule has 1 aromatic heterocycles. The van der Waals surface area contributed by atoms with E-state index in [0.717, 1.165) is 11.3 Å². The van der Waals surface area contributed by atoms with Crippen LogP contribution in [0, 0.1) is 5.82 Å². The molecule has 0 N–H and O–H groups in total. The average molecular weight is 277 g/mol. The maximum absolute atomic E-state index is 12.9. The van der Waals surface area contributed by atoms with Gasteiger partial charge in [-0.15, -0.1) is 0 Å². The van der Waals surface area contributed by atoms with Crippen LogP contribution in [-0.2, 0) is 0 Å². The van der Waals surface area contributed by atoms with Crippen LogP contribution in [0.5, 0.6) is 0 Å². The summed E-state index contributed by atoms with van der Waals surface area (Å²) >= 11 is 0. The summed E-state index contributed by atoms with van der Waals surface area (Å²) in [5, 5.41) is 0. The molecule has 3 rings (SSSR count). The van der Waals surface area contributed by atoms with Crippen LogP contribution < -0.4 is 0 Å². The van der Waals surface area contributed by atoms with E-state index in [9.17, 15) is 4.39 Å². The van der Waals surface area contributed by atoms with Crippen LogP contribution in [0.15, 0.2) is 72.9 Å². The van der Waals surface area contributed by atoms with Gasteiger partial charge in [0.15, 0.2) is 0 Å². The van der Waals surface area contributed by atoms with E-state index in [1.165, 1.54) is 23.3 Å². The molecule has 0 saturated carbocycles. The van der Waals surface area contributed by atoms with Gasteiger partial charge >= 0.3 is 0 Å². The normalized spacial score (nSPS) is 12.1. The third kappa shape index (κ3) is 3.00. The third-order valence-electron chi connectivity index (χ3n) is 3.73. The van der Waals surface area contributed by atoms with E-state index in [1.807, 2.05) is 30.5 Å². The van der Waals surface area contributed by atoms with Gasteiger partial charge < -0.3 is 0 Å². The molecule has 0 amide bonds. The van der Waals surface area contributed by atoms with Gasteiger partial charge in [-0.25, -0.2) is 4.39 Å². The molecule has 0 radical (unpaired) electrons. The minimum atomic E-state index is -0.229. The van der Waals surface area contributed by atoms with E-state index in [-0.39, 0.29) is 5.82 Å². The minimum absolute atomic E-state index is 0.229. The van der Waals surface area contributed by atoms with Crippen LogP contribution in [0.4, 0.5) is 4.39 Å². The molecule has 0 aliphatic carbocycles. The smallest absolute Gasteiger partial charge is 0.123 e. The monoisotopic (exact) mass is 277 g/mol. The zero-order chi connectivity index (χ0) is 14.7. The van der Waals surface area contributed by atoms with Crippen molar-refractivity contribution in [1.82, 2.24) is 4.98 Å². The lowest BCUT2D eigenvalue weighted by Gasteiger charge is -2.12. The van der Waals surface area contributed by atoms with E-state index in [0.29, 0.717) is 5.92 Å². The predicted molar refractivity (Wildman–Crippen MR) is 83.6 cm³/mol. The molecule has 21 heavy (non-hydrogen) atoms. The second kappa shape index (κ2) is 5.88. The molecule has 1 atom stereocenters. The van der Waals surface area contributed by atoms with Crippen molar-refractivity contribution in [3.63, 3.8) is 0 Å². The van der Waals surface area contributed by atoms with Gasteiger partial charge in [-0.3, -0.25) is 4.98 Å². The van der Waals surface area contributed by atoms with Crippen LogP contribution in [0.2, 0.25) is 0 Å². The highest BCUT2D eigenvalue weighted by Crippen LogP contribution is 2.25. The molecule has 2 aromatic carbocycles. The van der Waals surface area contributed by atoms with Gasteiger partial charge in [0.25, 0.3) is 0 Å². The largest absolute Gasteiger partial charge is 0.256 e. The second-order valence-corrected chi connectivity index (χ2v) is 5.12. The highest BCUT2D eigenvalue weighted by atomic mass is 19.1. The predicted octanol–water partition coefficient (Wildman–Crippen LogP) is 5.04. The van der Waals surface area contributed by atoms with E-state index in [2.05, 4.69) is 30.1 Å². The van der Waals surface area contributed by atoms with Crippen molar-refractivity contribution in [3.05, 3.63) is 89.9 Å². The Morgan fingerprint density at radius 3 is 2.14 bits per heavy atom. The summed E-state index contributed by atoms with van der Waals surface area (Å²) in [4.78, 5) is 4.50. The number of hydrogen-bond donors (Lipinski definition) is 0. The Hall–Kier alpha value is -2.48. The molecule has 0 spiro atoms. The fourth-order valence-electron chi connectivity index (χ4n) is 2.39. The second-order valence-electron chi connectivity index (χ2n) is 5.12. The molecule has 1 unspecified atom stereocenters. The molecule has 0 bridgehead atoms. The Bertz CT molecular complexity index is 703. The number of pyridine rings is 1. The van der Waals surface area contributed by atoms with Crippen molar-refractivity contribution < 1.29 is 4.39 Å². The maximum Gasteiger partial charge on any atom is 0.123 e. The summed E-state index contributed by atoms with van der Waals surface area (Å²) in [6.07, 6.45) is 1.90. The first-order chi connectivity index (χ1) is 10.2. The van der Waals surface area contributed by atoms with E-state index in [4.69, 9.17) is 0 Å². The molecule has 0 saturated heterocycles. The fraction of sp³-hybridized carbons (Fsp3) is 0.105. The fourth-order valence-corrected chi connectivity index (χ4v) is 2.39. The van der Waals surface area contributed by atoms with E-state index in [1.54, 1.807) is 12.1 Å². The molecule has 1 heterocycles. The number of rotatable bonds is 3. The van der Waals surface area contributed by atoms with Crippen molar-refractivity contribution >= 4 is 0 Å². The van der Waals surface area contributed by atoms with Gasteiger partial charge in [-0.2, -0.15) is 0 Å². The summed E-state index contributed by atoms with van der Waals surface area (Å²) in [5.41, 5.74) is 4.23. The minimum Gasteiger partial charge on any atom is -0.256 e. The lowest BCUT2D eigenvalue weighted by atomic mass is 9.94. The summed E-state index contributed by atoms with van der Waals surface area (Å²) < 4.78 is 12.9. The van der Waals surface area contributed by atoms with E-state index >= 15 is 0 Å². The first-order valence-corrected chi connectivity index (χ1v) is 7.01. The Morgan fingerprint density at radius 1 is 0.810 bits per heavy atom. The van der Waals surface area contributed by atoms with Crippen molar-refractivity contribution in [1.29, 1.82) is 0 Å². The van der Waals surface area contributed by atoms with Crippen LogP contribution in [0.1, 0.15) is 24.0 Å². The zero-order valence-electron chi connectivity index (χ0n) is 11.8. The summed E-state index contributed by atoms with van der Waals surface area (Å²) in [6, 6.07) is 20.8. The molecular weight excluding hydrogens is 261 g/mol. The van der Waals surface area contributed by atoms with Crippen LogP contribution in [-0.4, -0.2) is 4.98 Å². The highest BCUT2D eigenvalue weighted by molar-refractivity contribution is 5.59. The van der Waals surface area contributed by atoms with Gasteiger partial charge in [-0.05, 0) is 41.5 Å². The molecule has 0 fully saturated rings. The van der Waals surface area contributed by atoms with Gasteiger partial charge in [0.1, 0.15) is 5.82 Å². The first kappa shape index (κ1) is 13.5. The number of nitrogens with zero attached hydrogens (tertiary/aromatic N) is 1. The third-order valence-corrected chi connectivity index (χ3v) is 3.73. The van der Waals surface area contributed by atoms with Crippen LogP contribution in [0.25, 0.3) is 11.3 Å². The van der Waals surface area contributed by atoms with Gasteiger partial charge in [0.2, 0.25) is 0 Å². The summed E-state index contributed by atoms with van der Waals surface area (Å²) in [6.45, 7) is 2.17. The highest BCUT2D eigenvalue weighted by Gasteiger charge is 2.08. The van der Waals surface area contributed by atoms with Crippen molar-refractivity contribution in [2.45, 2.75) is 12.8 Å². The Morgan fingerprint density at radius 2 is 1.52 bits per heavy atom. The average Bonchev–Trinajstić information content (AvgIpc) is 2.56. The maximum atomic E-state index is 12.9. The van der Waals surface area contributed by atoms with Gasteiger partial charge in [0.05, 0.1) is 5.69 Å². The molecule has 104 valence electrons. The van der Waals surface area contributed by atoms with Crippen LogP contribution in [0.3, 0.4) is 0 Å². The number of halogens is 1. The summed E-state index contributed by atoms with van der Waals surface area (Å²) in [7, 11) is 0. The van der Waals surface area contributed by atoms with Crippen molar-refractivity contribution in [3.8, 4) is 11.3 Å². The quantitative estimate of drug-likeness (QED) is 0.653. The number of aromatic nitrogens is 1. The summed E-state index contributed by atoms with van der Waals surface area (Å²) in [5.74, 6) is 0.0778. The van der Waals surface area contributed by atoms with Gasteiger partial charge in [0, 0.05) is 17.7 Å². The lowest BCUT2D eigenvalue weighted by molar-refractivity contribution is 0.628. The number of hydrogen-bond acceptors (Lipinski definition) is 1. The molecule has 2 heteroatoms. The Balaban J connectivity index is 1.85. The SMILES string of the molecule is CC(c1ccccc1)c1ccc(-c2ccc(F)cc2)nc1. The zero-order valence-corrected chi connectivity index (χ0v) is 11.8. The number of benzene rings is 2. The van der Waals surface area contributed by atoms with Crippen molar-refractivity contribution in [2.75, 3.05) is 0 Å². The topological polar surface area (TPSA) is 12.9 Å². The molecule has 1 nitrogen and oxygen atoms in total. The van der Waals surface area contributed by atoms with Crippen LogP contribution >= 0.6 is 0 Å². The molecular formula is C19H16FN. The first-order valence-electron chi connectivity index (χ1n) is 7.01. The van der Waals surface area contributed by atoms with Gasteiger partial charge in [-0.1, -0.05) is 43.3 Å². The van der Waals surface area contributed by atoms with Crippen molar-refractivity contribution in [2.24, 2.45) is 0 Å². The molecule has 0 aliphatic rings. The lowest BCUT2D eigenvalue weighted by Crippen LogP contribution is -1.97. The molecule has 0 aliphatic heterocycles. The standard InChI is InChI=1S/C19H16FN/c1-14(15-5-3-2-4-6-15)17-9-12-19(21-13-17)16-7-10-18(20)11-8-16/h2-14H,1H3. The Labute approximate surface area is 124 Å². The molecule has 3 aromatic rings. The Kier molecular flexibility index (Phi) is 3.78.